The minimum atomic E-state index is -4.03. The average molecular weight is 313 g/mol. The lowest BCUT2D eigenvalue weighted by atomic mass is 10.3. The number of hydrogen-bond donors (Lipinski definition) is 2. The predicted octanol–water partition coefficient (Wildman–Crippen LogP) is -1.41. The molecular formula is C11H15N5O4S. The summed E-state index contributed by atoms with van der Waals surface area (Å²) in [5.41, 5.74) is -0.0644. The van der Waals surface area contributed by atoms with Gasteiger partial charge in [-0.3, -0.25) is 14.5 Å². The summed E-state index contributed by atoms with van der Waals surface area (Å²) >= 11 is 0. The predicted molar refractivity (Wildman–Crippen MR) is 74.3 cm³/mol. The van der Waals surface area contributed by atoms with Gasteiger partial charge in [-0.05, 0) is 6.92 Å². The second-order valence-corrected chi connectivity index (χ2v) is 6.33. The van der Waals surface area contributed by atoms with Gasteiger partial charge in [-0.1, -0.05) is 0 Å². The van der Waals surface area contributed by atoms with E-state index in [9.17, 15) is 18.0 Å². The third-order valence-electron chi connectivity index (χ3n) is 3.09. The van der Waals surface area contributed by atoms with Gasteiger partial charge in [-0.15, -0.1) is 0 Å². The first-order valence-electron chi connectivity index (χ1n) is 5.99. The van der Waals surface area contributed by atoms with E-state index in [0.29, 0.717) is 5.56 Å². The van der Waals surface area contributed by atoms with Crippen molar-refractivity contribution in [1.82, 2.24) is 24.1 Å². The van der Waals surface area contributed by atoms with Crippen molar-refractivity contribution in [2.75, 3.05) is 0 Å². The summed E-state index contributed by atoms with van der Waals surface area (Å²) in [5.74, 6) is 0. The summed E-state index contributed by atoms with van der Waals surface area (Å²) in [6.45, 7) is 1.75. The molecule has 2 rings (SSSR count). The number of nitrogens with one attached hydrogen (secondary N) is 2. The van der Waals surface area contributed by atoms with Crippen molar-refractivity contribution >= 4 is 10.0 Å². The Morgan fingerprint density at radius 3 is 2.57 bits per heavy atom. The molecule has 0 aliphatic rings. The third-order valence-corrected chi connectivity index (χ3v) is 4.47. The number of hydrogen-bond acceptors (Lipinski definition) is 5. The molecule has 0 atom stereocenters. The Morgan fingerprint density at radius 1 is 1.33 bits per heavy atom. The molecule has 10 heteroatoms. The van der Waals surface area contributed by atoms with Crippen molar-refractivity contribution in [2.24, 2.45) is 14.1 Å². The van der Waals surface area contributed by atoms with Crippen LogP contribution in [0.15, 0.2) is 26.9 Å². The van der Waals surface area contributed by atoms with Crippen LogP contribution in [-0.2, 0) is 30.7 Å². The fraction of sp³-hybridized carbons (Fsp3) is 0.364. The maximum atomic E-state index is 12.2. The van der Waals surface area contributed by atoms with E-state index in [-0.39, 0.29) is 6.54 Å². The highest BCUT2D eigenvalue weighted by atomic mass is 32.2. The largest absolute Gasteiger partial charge is 0.330 e. The minimum Gasteiger partial charge on any atom is -0.302 e. The summed E-state index contributed by atoms with van der Waals surface area (Å²) in [6.07, 6.45) is 2.51. The van der Waals surface area contributed by atoms with Crippen molar-refractivity contribution in [3.05, 3.63) is 44.5 Å². The van der Waals surface area contributed by atoms with E-state index in [0.717, 1.165) is 21.0 Å². The van der Waals surface area contributed by atoms with Crippen LogP contribution < -0.4 is 16.0 Å². The lowest BCUT2D eigenvalue weighted by molar-refractivity contribution is 0.570. The molecule has 0 aliphatic heterocycles. The number of H-pyrrole nitrogens is 1. The van der Waals surface area contributed by atoms with Crippen LogP contribution in [-0.4, -0.2) is 27.7 Å². The zero-order valence-electron chi connectivity index (χ0n) is 11.7. The van der Waals surface area contributed by atoms with E-state index < -0.39 is 26.2 Å². The Kier molecular flexibility index (Phi) is 3.83. The molecule has 2 N–H and O–H groups in total. The quantitative estimate of drug-likeness (QED) is 0.719. The van der Waals surface area contributed by atoms with Crippen molar-refractivity contribution in [1.29, 1.82) is 0 Å². The van der Waals surface area contributed by atoms with Crippen molar-refractivity contribution < 1.29 is 8.42 Å². The number of aromatic amines is 1. The molecule has 0 fully saturated rings. The zero-order valence-corrected chi connectivity index (χ0v) is 12.6. The molecule has 0 saturated carbocycles. The highest BCUT2D eigenvalue weighted by Gasteiger charge is 2.21. The smallest absolute Gasteiger partial charge is 0.302 e. The summed E-state index contributed by atoms with van der Waals surface area (Å²) < 4.78 is 28.5. The molecule has 2 aromatic rings. The molecule has 0 saturated heterocycles. The Balaban J connectivity index is 2.39. The minimum absolute atomic E-state index is 0.00331. The van der Waals surface area contributed by atoms with Gasteiger partial charge in [0.2, 0.25) is 10.0 Å². The van der Waals surface area contributed by atoms with E-state index in [1.165, 1.54) is 20.3 Å². The molecule has 0 aliphatic carbocycles. The average Bonchev–Trinajstić information content (AvgIpc) is 2.83. The first kappa shape index (κ1) is 15.2. The first-order chi connectivity index (χ1) is 9.74. The van der Waals surface area contributed by atoms with Gasteiger partial charge in [0.05, 0.1) is 6.20 Å². The Bertz CT molecular complexity index is 890. The Labute approximate surface area is 120 Å². The van der Waals surface area contributed by atoms with Gasteiger partial charge in [0.25, 0.3) is 5.56 Å². The Morgan fingerprint density at radius 2 is 2.00 bits per heavy atom. The molecule has 0 amide bonds. The van der Waals surface area contributed by atoms with Gasteiger partial charge in [0.15, 0.2) is 4.90 Å². The van der Waals surface area contributed by atoms with E-state index in [1.54, 1.807) is 6.92 Å². The van der Waals surface area contributed by atoms with Gasteiger partial charge < -0.3 is 4.57 Å². The summed E-state index contributed by atoms with van der Waals surface area (Å²) in [5, 5.41) is 6.47. The molecule has 114 valence electrons. The lowest BCUT2D eigenvalue weighted by Gasteiger charge is -2.08. The molecule has 0 unspecified atom stereocenters. The number of rotatable bonds is 4. The van der Waals surface area contributed by atoms with Crippen molar-refractivity contribution in [2.45, 2.75) is 18.4 Å². The second kappa shape index (κ2) is 5.30. The highest BCUT2D eigenvalue weighted by Crippen LogP contribution is 2.05. The lowest BCUT2D eigenvalue weighted by Crippen LogP contribution is -2.41. The van der Waals surface area contributed by atoms with Crippen molar-refractivity contribution in [3.8, 4) is 0 Å². The van der Waals surface area contributed by atoms with E-state index in [1.807, 2.05) is 0 Å². The third kappa shape index (κ3) is 2.81. The molecule has 0 bridgehead atoms. The highest BCUT2D eigenvalue weighted by molar-refractivity contribution is 7.89. The van der Waals surface area contributed by atoms with Crippen LogP contribution in [0.3, 0.4) is 0 Å². The Hall–Kier alpha value is -2.20. The first-order valence-corrected chi connectivity index (χ1v) is 7.47. The van der Waals surface area contributed by atoms with Gasteiger partial charge in [-0.2, -0.15) is 5.10 Å². The summed E-state index contributed by atoms with van der Waals surface area (Å²) in [7, 11) is -1.43. The summed E-state index contributed by atoms with van der Waals surface area (Å²) in [6, 6.07) is 0. The van der Waals surface area contributed by atoms with Crippen LogP contribution in [0.4, 0.5) is 0 Å². The van der Waals surface area contributed by atoms with E-state index in [4.69, 9.17) is 0 Å². The van der Waals surface area contributed by atoms with Crippen LogP contribution in [0, 0.1) is 6.92 Å². The molecule has 0 spiro atoms. The number of nitrogens with zero attached hydrogens (tertiary/aromatic N) is 3. The van der Waals surface area contributed by atoms with Gasteiger partial charge in [-0.25, -0.2) is 17.9 Å². The summed E-state index contributed by atoms with van der Waals surface area (Å²) in [4.78, 5) is 23.0. The fourth-order valence-electron chi connectivity index (χ4n) is 1.76. The van der Waals surface area contributed by atoms with Crippen molar-refractivity contribution in [3.63, 3.8) is 0 Å². The number of aryl methyl sites for hydroxylation is 2. The normalized spacial score (nSPS) is 11.8. The van der Waals surface area contributed by atoms with Crippen LogP contribution in [0.5, 0.6) is 0 Å². The van der Waals surface area contributed by atoms with Gasteiger partial charge in [0, 0.05) is 38.1 Å². The van der Waals surface area contributed by atoms with Gasteiger partial charge >= 0.3 is 5.69 Å². The van der Waals surface area contributed by atoms with Crippen LogP contribution in [0.25, 0.3) is 0 Å². The SMILES string of the molecule is Cc1[nH]ncc1CNS(=O)(=O)c1cn(C)c(=O)n(C)c1=O. The maximum absolute atomic E-state index is 12.2. The fourth-order valence-corrected chi connectivity index (χ4v) is 2.93. The van der Waals surface area contributed by atoms with Crippen LogP contribution in [0.1, 0.15) is 11.3 Å². The van der Waals surface area contributed by atoms with Crippen LogP contribution in [0.2, 0.25) is 0 Å². The second-order valence-electron chi connectivity index (χ2n) is 4.60. The molecule has 9 nitrogen and oxygen atoms in total. The number of aromatic nitrogens is 4. The van der Waals surface area contributed by atoms with E-state index >= 15 is 0 Å². The topological polar surface area (TPSA) is 119 Å². The monoisotopic (exact) mass is 313 g/mol. The number of sulfonamides is 1. The molecule has 0 radical (unpaired) electrons. The molecule has 2 heterocycles. The van der Waals surface area contributed by atoms with Gasteiger partial charge in [0.1, 0.15) is 0 Å². The molecular weight excluding hydrogens is 298 g/mol. The standard InChI is InChI=1S/C11H15N5O4S/c1-7-8(4-12-14-7)5-13-21(19,20)9-6-15(2)11(18)16(3)10(9)17/h4,6,13H,5H2,1-3H3,(H,12,14). The molecule has 0 aromatic carbocycles. The molecule has 2 aromatic heterocycles. The van der Waals surface area contributed by atoms with E-state index in [2.05, 4.69) is 14.9 Å². The maximum Gasteiger partial charge on any atom is 0.330 e. The van der Waals surface area contributed by atoms with Crippen LogP contribution >= 0.6 is 0 Å². The zero-order chi connectivity index (χ0) is 15.8. The molecule has 21 heavy (non-hydrogen) atoms.